The van der Waals surface area contributed by atoms with Crippen LogP contribution in [-0.2, 0) is 16.0 Å². The van der Waals surface area contributed by atoms with Crippen molar-refractivity contribution in [2.75, 3.05) is 62.3 Å². The molecule has 7 nitrogen and oxygen atoms in total. The average Bonchev–Trinajstić information content (AvgIpc) is 2.78. The highest BCUT2D eigenvalue weighted by atomic mass is 16.5. The third-order valence-electron chi connectivity index (χ3n) is 5.81. The molecule has 2 saturated heterocycles. The van der Waals surface area contributed by atoms with Crippen molar-refractivity contribution in [1.82, 2.24) is 14.9 Å². The summed E-state index contributed by atoms with van der Waals surface area (Å²) in [7, 11) is 0. The quantitative estimate of drug-likeness (QED) is 0.755. The van der Waals surface area contributed by atoms with E-state index >= 15 is 0 Å². The molecule has 0 radical (unpaired) electrons. The molecule has 4 rings (SSSR count). The highest BCUT2D eigenvalue weighted by Gasteiger charge is 2.23. The molecule has 2 aromatic rings. The van der Waals surface area contributed by atoms with E-state index in [1.165, 1.54) is 11.1 Å². The van der Waals surface area contributed by atoms with Gasteiger partial charge in [0, 0.05) is 51.8 Å². The monoisotopic (exact) mass is 409 g/mol. The molecule has 0 atom stereocenters. The first-order chi connectivity index (χ1) is 14.6. The van der Waals surface area contributed by atoms with Gasteiger partial charge in [0.05, 0.1) is 13.2 Å². The maximum atomic E-state index is 12.7. The van der Waals surface area contributed by atoms with Crippen molar-refractivity contribution in [1.29, 1.82) is 0 Å². The number of morpholine rings is 1. The van der Waals surface area contributed by atoms with Crippen molar-refractivity contribution >= 4 is 17.5 Å². The van der Waals surface area contributed by atoms with Gasteiger partial charge >= 0.3 is 0 Å². The fraction of sp³-hybridized carbons (Fsp3) is 0.522. The predicted molar refractivity (Wildman–Crippen MR) is 118 cm³/mol. The summed E-state index contributed by atoms with van der Waals surface area (Å²) in [6, 6.07) is 10.5. The molecule has 0 bridgehead atoms. The van der Waals surface area contributed by atoms with E-state index in [0.29, 0.717) is 6.42 Å². The summed E-state index contributed by atoms with van der Waals surface area (Å²) in [5.74, 6) is 2.95. The predicted octanol–water partition coefficient (Wildman–Crippen LogP) is 2.21. The van der Waals surface area contributed by atoms with E-state index in [-0.39, 0.29) is 5.91 Å². The zero-order valence-electron chi connectivity index (χ0n) is 18.0. The van der Waals surface area contributed by atoms with Crippen molar-refractivity contribution in [2.24, 2.45) is 0 Å². The maximum Gasteiger partial charge on any atom is 0.223 e. The van der Waals surface area contributed by atoms with Crippen LogP contribution in [0, 0.1) is 13.8 Å². The second-order valence-electron chi connectivity index (χ2n) is 8.09. The molecular weight excluding hydrogens is 378 g/mol. The molecule has 30 heavy (non-hydrogen) atoms. The Labute approximate surface area is 178 Å². The highest BCUT2D eigenvalue weighted by molar-refractivity contribution is 5.76. The SMILES string of the molecule is Cc1cccc(CCC(=O)N2CCN(c3cc(N4CCOCC4)nc(C)n3)CC2)c1. The van der Waals surface area contributed by atoms with Gasteiger partial charge in [0.2, 0.25) is 5.91 Å². The topological polar surface area (TPSA) is 61.8 Å². The Bertz CT molecular complexity index is 874. The van der Waals surface area contributed by atoms with E-state index < -0.39 is 0 Å². The molecule has 2 fully saturated rings. The van der Waals surface area contributed by atoms with Crippen LogP contribution in [0.25, 0.3) is 0 Å². The van der Waals surface area contributed by atoms with Crippen LogP contribution in [0.2, 0.25) is 0 Å². The van der Waals surface area contributed by atoms with Crippen molar-refractivity contribution in [2.45, 2.75) is 26.7 Å². The number of aromatic nitrogens is 2. The van der Waals surface area contributed by atoms with Gasteiger partial charge in [0.1, 0.15) is 17.5 Å². The Balaban J connectivity index is 1.32. The zero-order chi connectivity index (χ0) is 20.9. The van der Waals surface area contributed by atoms with E-state index in [1.54, 1.807) is 0 Å². The number of nitrogens with zero attached hydrogens (tertiary/aromatic N) is 5. The summed E-state index contributed by atoms with van der Waals surface area (Å²) in [5.41, 5.74) is 2.47. The van der Waals surface area contributed by atoms with Gasteiger partial charge in [-0.15, -0.1) is 0 Å². The standard InChI is InChI=1S/C23H31N5O2/c1-18-4-3-5-20(16-18)6-7-23(29)28-10-8-26(9-11-28)21-17-22(25-19(2)24-21)27-12-14-30-15-13-27/h3-5,16-17H,6-15H2,1-2H3. The molecule has 2 aliphatic heterocycles. The number of piperazine rings is 1. The number of ether oxygens (including phenoxy) is 1. The smallest absolute Gasteiger partial charge is 0.223 e. The number of hydrogen-bond acceptors (Lipinski definition) is 6. The van der Waals surface area contributed by atoms with Crippen LogP contribution in [0.15, 0.2) is 30.3 Å². The van der Waals surface area contributed by atoms with Crippen LogP contribution in [0.3, 0.4) is 0 Å². The lowest BCUT2D eigenvalue weighted by molar-refractivity contribution is -0.131. The molecule has 0 aliphatic carbocycles. The first kappa shape index (κ1) is 20.6. The van der Waals surface area contributed by atoms with E-state index in [1.807, 2.05) is 11.8 Å². The Hall–Kier alpha value is -2.67. The molecule has 0 N–H and O–H groups in total. The van der Waals surface area contributed by atoms with Gasteiger partial charge in [-0.05, 0) is 25.8 Å². The summed E-state index contributed by atoms with van der Waals surface area (Å²) in [5, 5.41) is 0. The van der Waals surface area contributed by atoms with Crippen molar-refractivity contribution in [3.05, 3.63) is 47.3 Å². The third kappa shape index (κ3) is 5.08. The lowest BCUT2D eigenvalue weighted by Crippen LogP contribution is -2.49. The van der Waals surface area contributed by atoms with Crippen molar-refractivity contribution in [3.63, 3.8) is 0 Å². The number of carbonyl (C=O) groups is 1. The van der Waals surface area contributed by atoms with E-state index in [9.17, 15) is 4.79 Å². The second-order valence-corrected chi connectivity index (χ2v) is 8.09. The van der Waals surface area contributed by atoms with Gasteiger partial charge in [0.25, 0.3) is 0 Å². The average molecular weight is 410 g/mol. The number of anilines is 2. The minimum absolute atomic E-state index is 0.240. The summed E-state index contributed by atoms with van der Waals surface area (Å²) >= 11 is 0. The molecule has 3 heterocycles. The maximum absolute atomic E-state index is 12.7. The van der Waals surface area contributed by atoms with Crippen LogP contribution in [-0.4, -0.2) is 73.3 Å². The number of carbonyl (C=O) groups excluding carboxylic acids is 1. The summed E-state index contributed by atoms with van der Waals surface area (Å²) in [6.45, 7) is 10.3. The first-order valence-electron chi connectivity index (χ1n) is 10.8. The molecule has 0 unspecified atom stereocenters. The number of aryl methyl sites for hydroxylation is 3. The van der Waals surface area contributed by atoms with Crippen LogP contribution in [0.5, 0.6) is 0 Å². The molecule has 2 aliphatic rings. The number of amides is 1. The Morgan fingerprint density at radius 2 is 1.60 bits per heavy atom. The van der Waals surface area contributed by atoms with Gasteiger partial charge in [0.15, 0.2) is 0 Å². The molecular formula is C23H31N5O2. The van der Waals surface area contributed by atoms with Gasteiger partial charge < -0.3 is 19.4 Å². The van der Waals surface area contributed by atoms with Crippen LogP contribution in [0.1, 0.15) is 23.4 Å². The lowest BCUT2D eigenvalue weighted by Gasteiger charge is -2.36. The summed E-state index contributed by atoms with van der Waals surface area (Å²) in [4.78, 5) is 28.5. The minimum atomic E-state index is 0.240. The van der Waals surface area contributed by atoms with E-state index in [2.05, 4.69) is 57.0 Å². The second kappa shape index (κ2) is 9.43. The van der Waals surface area contributed by atoms with Gasteiger partial charge in [-0.2, -0.15) is 0 Å². The molecule has 0 saturated carbocycles. The molecule has 0 spiro atoms. The van der Waals surface area contributed by atoms with Crippen LogP contribution in [0.4, 0.5) is 11.6 Å². The van der Waals surface area contributed by atoms with Crippen LogP contribution < -0.4 is 9.80 Å². The summed E-state index contributed by atoms with van der Waals surface area (Å²) < 4.78 is 5.45. The normalized spacial score (nSPS) is 17.3. The molecule has 7 heteroatoms. The van der Waals surface area contributed by atoms with E-state index in [4.69, 9.17) is 4.74 Å². The fourth-order valence-corrected chi connectivity index (χ4v) is 4.12. The Kier molecular flexibility index (Phi) is 6.47. The molecule has 160 valence electrons. The lowest BCUT2D eigenvalue weighted by atomic mass is 10.1. The van der Waals surface area contributed by atoms with Gasteiger partial charge in [-0.3, -0.25) is 4.79 Å². The van der Waals surface area contributed by atoms with Gasteiger partial charge in [-0.25, -0.2) is 9.97 Å². The number of hydrogen-bond donors (Lipinski definition) is 0. The first-order valence-corrected chi connectivity index (χ1v) is 10.8. The third-order valence-corrected chi connectivity index (χ3v) is 5.81. The fourth-order valence-electron chi connectivity index (χ4n) is 4.12. The van der Waals surface area contributed by atoms with E-state index in [0.717, 1.165) is 76.4 Å². The van der Waals surface area contributed by atoms with Crippen molar-refractivity contribution in [3.8, 4) is 0 Å². The number of rotatable bonds is 5. The largest absolute Gasteiger partial charge is 0.378 e. The molecule has 1 aromatic heterocycles. The van der Waals surface area contributed by atoms with Crippen LogP contribution >= 0.6 is 0 Å². The summed E-state index contributed by atoms with van der Waals surface area (Å²) in [6.07, 6.45) is 1.37. The van der Waals surface area contributed by atoms with Gasteiger partial charge in [-0.1, -0.05) is 29.8 Å². The number of benzene rings is 1. The molecule has 1 amide bonds. The zero-order valence-corrected chi connectivity index (χ0v) is 18.0. The molecule has 1 aromatic carbocycles. The Morgan fingerprint density at radius 3 is 2.27 bits per heavy atom. The Morgan fingerprint density at radius 1 is 0.933 bits per heavy atom. The van der Waals surface area contributed by atoms with Crippen molar-refractivity contribution < 1.29 is 9.53 Å². The highest BCUT2D eigenvalue weighted by Crippen LogP contribution is 2.21. The minimum Gasteiger partial charge on any atom is -0.378 e.